The molecule has 0 aliphatic rings. The van der Waals surface area contributed by atoms with Gasteiger partial charge in [0, 0.05) is 24.5 Å². The Morgan fingerprint density at radius 3 is 2.52 bits per heavy atom. The van der Waals surface area contributed by atoms with Gasteiger partial charge in [0.15, 0.2) is 23.2 Å². The lowest BCUT2D eigenvalue weighted by atomic mass is 10.2. The first-order chi connectivity index (χ1) is 15.2. The Balaban J connectivity index is 1.65. The van der Waals surface area contributed by atoms with Crippen LogP contribution in [0.3, 0.4) is 0 Å². The van der Waals surface area contributed by atoms with Gasteiger partial charge in [0.2, 0.25) is 0 Å². The van der Waals surface area contributed by atoms with E-state index in [0.29, 0.717) is 28.9 Å². The maximum atomic E-state index is 13.1. The smallest absolute Gasteiger partial charge is 0.267 e. The van der Waals surface area contributed by atoms with Crippen LogP contribution >= 0.6 is 11.3 Å². The summed E-state index contributed by atoms with van der Waals surface area (Å²) in [6, 6.07) is 16.7. The van der Waals surface area contributed by atoms with Crippen molar-refractivity contribution in [2.24, 2.45) is 0 Å². The minimum atomic E-state index is -0.203. The maximum absolute atomic E-state index is 13.1. The number of anilines is 1. The second-order valence-corrected chi connectivity index (χ2v) is 7.62. The highest BCUT2D eigenvalue weighted by Crippen LogP contribution is 2.37. The van der Waals surface area contributed by atoms with E-state index >= 15 is 0 Å². The number of hydrogen-bond donors (Lipinski definition) is 0. The monoisotopic (exact) mass is 435 g/mol. The molecule has 0 N–H and O–H groups in total. The summed E-state index contributed by atoms with van der Waals surface area (Å²) in [6.07, 6.45) is 3.43. The molecule has 0 radical (unpaired) electrons. The van der Waals surface area contributed by atoms with Gasteiger partial charge in [0.1, 0.15) is 5.75 Å². The largest absolute Gasteiger partial charge is 0.493 e. The third kappa shape index (κ3) is 4.75. The highest BCUT2D eigenvalue weighted by molar-refractivity contribution is 7.22. The molecule has 2 aromatic heterocycles. The fourth-order valence-electron chi connectivity index (χ4n) is 3.03. The van der Waals surface area contributed by atoms with Crippen molar-refractivity contribution in [2.75, 3.05) is 25.7 Å². The topological polar surface area (TPSA) is 73.8 Å². The summed E-state index contributed by atoms with van der Waals surface area (Å²) in [7, 11) is 3.17. The van der Waals surface area contributed by atoms with E-state index in [9.17, 15) is 4.79 Å². The fraction of sp³-hybridized carbons (Fsp3) is 0.174. The van der Waals surface area contributed by atoms with E-state index in [4.69, 9.17) is 14.2 Å². The highest BCUT2D eigenvalue weighted by Gasteiger charge is 2.22. The van der Waals surface area contributed by atoms with Crippen LogP contribution in [0.5, 0.6) is 17.2 Å². The number of amides is 1. The zero-order chi connectivity index (χ0) is 21.6. The lowest BCUT2D eigenvalue weighted by molar-refractivity contribution is -0.120. The summed E-state index contributed by atoms with van der Waals surface area (Å²) >= 11 is 1.41. The number of ether oxygens (including phenoxy) is 3. The quantitative estimate of drug-likeness (QED) is 0.410. The van der Waals surface area contributed by atoms with E-state index in [1.165, 1.54) is 11.3 Å². The predicted octanol–water partition coefficient (Wildman–Crippen LogP) is 4.32. The van der Waals surface area contributed by atoms with Crippen molar-refractivity contribution in [2.45, 2.75) is 6.54 Å². The Morgan fingerprint density at radius 1 is 1.03 bits per heavy atom. The number of pyridine rings is 1. The molecule has 0 spiro atoms. The molecule has 0 saturated carbocycles. The normalized spacial score (nSPS) is 10.6. The van der Waals surface area contributed by atoms with Gasteiger partial charge in [-0.15, -0.1) is 0 Å². The fourth-order valence-corrected chi connectivity index (χ4v) is 4.03. The van der Waals surface area contributed by atoms with Crippen molar-refractivity contribution in [3.63, 3.8) is 0 Å². The van der Waals surface area contributed by atoms with Crippen LogP contribution in [0.15, 0.2) is 67.0 Å². The Kier molecular flexibility index (Phi) is 6.28. The first-order valence-electron chi connectivity index (χ1n) is 9.57. The minimum absolute atomic E-state index is 0.104. The van der Waals surface area contributed by atoms with Crippen LogP contribution in [0.4, 0.5) is 5.13 Å². The van der Waals surface area contributed by atoms with Crippen molar-refractivity contribution in [3.8, 4) is 17.2 Å². The van der Waals surface area contributed by atoms with E-state index in [-0.39, 0.29) is 12.5 Å². The molecule has 4 aromatic rings. The average molecular weight is 436 g/mol. The highest BCUT2D eigenvalue weighted by atomic mass is 32.1. The summed E-state index contributed by atoms with van der Waals surface area (Å²) in [5.41, 5.74) is 1.62. The van der Waals surface area contributed by atoms with Gasteiger partial charge < -0.3 is 14.2 Å². The van der Waals surface area contributed by atoms with Crippen LogP contribution in [0.25, 0.3) is 10.2 Å². The van der Waals surface area contributed by atoms with Crippen LogP contribution < -0.4 is 19.1 Å². The van der Waals surface area contributed by atoms with Crippen molar-refractivity contribution in [1.29, 1.82) is 0 Å². The molecule has 2 heterocycles. The lowest BCUT2D eigenvalue weighted by Crippen LogP contribution is -2.34. The number of methoxy groups -OCH3 is 2. The summed E-state index contributed by atoms with van der Waals surface area (Å²) in [6.45, 7) is 0.228. The van der Waals surface area contributed by atoms with E-state index < -0.39 is 0 Å². The lowest BCUT2D eigenvalue weighted by Gasteiger charge is -2.20. The number of thiazole rings is 1. The van der Waals surface area contributed by atoms with E-state index in [2.05, 4.69) is 9.97 Å². The third-order valence-corrected chi connectivity index (χ3v) is 5.62. The van der Waals surface area contributed by atoms with Gasteiger partial charge in [-0.3, -0.25) is 14.7 Å². The molecule has 4 rings (SSSR count). The van der Waals surface area contributed by atoms with Gasteiger partial charge in [-0.1, -0.05) is 35.6 Å². The Bertz CT molecular complexity index is 1120. The molecule has 0 saturated heterocycles. The standard InChI is InChI=1S/C23H21N3O4S/c1-28-19-11-18-21(12-20(19)29-2)31-23(25-18)26(14-16-7-6-10-24-13-16)22(27)15-30-17-8-4-3-5-9-17/h3-13H,14-15H2,1-2H3. The number of carbonyl (C=O) groups is 1. The number of nitrogens with zero attached hydrogens (tertiary/aromatic N) is 3. The maximum Gasteiger partial charge on any atom is 0.267 e. The van der Waals surface area contributed by atoms with Gasteiger partial charge in [0.25, 0.3) is 5.91 Å². The Labute approximate surface area is 183 Å². The van der Waals surface area contributed by atoms with Gasteiger partial charge in [0.05, 0.1) is 31.0 Å². The van der Waals surface area contributed by atoms with E-state index in [1.807, 2.05) is 48.5 Å². The van der Waals surface area contributed by atoms with Crippen molar-refractivity contribution >= 4 is 32.6 Å². The van der Waals surface area contributed by atoms with Gasteiger partial charge >= 0.3 is 0 Å². The molecule has 31 heavy (non-hydrogen) atoms. The third-order valence-electron chi connectivity index (χ3n) is 4.58. The summed E-state index contributed by atoms with van der Waals surface area (Å²) in [5, 5.41) is 0.566. The number of fused-ring (bicyclic) bond motifs is 1. The number of rotatable bonds is 8. The van der Waals surface area contributed by atoms with Crippen LogP contribution in [-0.2, 0) is 11.3 Å². The molecule has 1 amide bonds. The van der Waals surface area contributed by atoms with Crippen molar-refractivity contribution in [3.05, 3.63) is 72.6 Å². The van der Waals surface area contributed by atoms with Crippen LogP contribution in [0.1, 0.15) is 5.56 Å². The molecule has 0 bridgehead atoms. The predicted molar refractivity (Wildman–Crippen MR) is 120 cm³/mol. The minimum Gasteiger partial charge on any atom is -0.493 e. The molecule has 0 aliphatic carbocycles. The van der Waals surface area contributed by atoms with Crippen LogP contribution in [-0.4, -0.2) is 36.7 Å². The number of para-hydroxylation sites is 1. The number of benzene rings is 2. The molecular formula is C23H21N3O4S. The summed E-state index contributed by atoms with van der Waals surface area (Å²) in [5.74, 6) is 1.63. The van der Waals surface area contributed by atoms with Crippen molar-refractivity contribution in [1.82, 2.24) is 9.97 Å². The van der Waals surface area contributed by atoms with Gasteiger partial charge in [-0.2, -0.15) is 0 Å². The molecule has 0 aliphatic heterocycles. The second kappa shape index (κ2) is 9.44. The Hall–Kier alpha value is -3.65. The van der Waals surface area contributed by atoms with E-state index in [0.717, 1.165) is 15.8 Å². The first kappa shape index (κ1) is 20.6. The first-order valence-corrected chi connectivity index (χ1v) is 10.4. The molecular weight excluding hydrogens is 414 g/mol. The van der Waals surface area contributed by atoms with E-state index in [1.54, 1.807) is 37.6 Å². The molecule has 2 aromatic carbocycles. The van der Waals surface area contributed by atoms with Gasteiger partial charge in [-0.05, 0) is 23.8 Å². The van der Waals surface area contributed by atoms with Crippen LogP contribution in [0.2, 0.25) is 0 Å². The molecule has 0 atom stereocenters. The molecule has 0 unspecified atom stereocenters. The number of aromatic nitrogens is 2. The second-order valence-electron chi connectivity index (χ2n) is 6.61. The van der Waals surface area contributed by atoms with Gasteiger partial charge in [-0.25, -0.2) is 4.98 Å². The Morgan fingerprint density at radius 2 is 1.81 bits per heavy atom. The SMILES string of the molecule is COc1cc2nc(N(Cc3cccnc3)C(=O)COc3ccccc3)sc2cc1OC. The molecule has 158 valence electrons. The average Bonchev–Trinajstić information content (AvgIpc) is 3.23. The van der Waals surface area contributed by atoms with Crippen LogP contribution in [0, 0.1) is 0 Å². The molecule has 0 fully saturated rings. The number of carbonyl (C=O) groups excluding carboxylic acids is 1. The summed E-state index contributed by atoms with van der Waals surface area (Å²) < 4.78 is 17.3. The molecule has 7 nitrogen and oxygen atoms in total. The van der Waals surface area contributed by atoms with Crippen molar-refractivity contribution < 1.29 is 19.0 Å². The zero-order valence-corrected chi connectivity index (χ0v) is 18.0. The molecule has 8 heteroatoms. The number of hydrogen-bond acceptors (Lipinski definition) is 7. The summed E-state index contributed by atoms with van der Waals surface area (Å²) in [4.78, 5) is 23.6. The zero-order valence-electron chi connectivity index (χ0n) is 17.1.